The van der Waals surface area contributed by atoms with Crippen LogP contribution in [0.15, 0.2) is 24.3 Å². The minimum atomic E-state index is -0.674. The second kappa shape index (κ2) is 6.32. The Bertz CT molecular complexity index is 668. The number of benzene rings is 1. The van der Waals surface area contributed by atoms with Gasteiger partial charge >= 0.3 is 6.09 Å². The molecule has 2 amide bonds. The van der Waals surface area contributed by atoms with Crippen molar-refractivity contribution in [2.75, 3.05) is 19.6 Å². The molecule has 0 saturated carbocycles. The first-order chi connectivity index (χ1) is 11.7. The Morgan fingerprint density at radius 2 is 2.00 bits per heavy atom. The summed E-state index contributed by atoms with van der Waals surface area (Å²) in [6.07, 6.45) is 1.06. The average molecular weight is 348 g/mol. The Morgan fingerprint density at radius 3 is 2.64 bits per heavy atom. The lowest BCUT2D eigenvalue weighted by atomic mass is 9.69. The molecule has 1 aromatic rings. The molecule has 2 heterocycles. The van der Waals surface area contributed by atoms with Gasteiger partial charge in [-0.25, -0.2) is 9.18 Å². The van der Waals surface area contributed by atoms with Gasteiger partial charge in [0.05, 0.1) is 5.41 Å². The maximum Gasteiger partial charge on any atom is 0.410 e. The van der Waals surface area contributed by atoms with Gasteiger partial charge in [-0.15, -0.1) is 0 Å². The number of ether oxygens (including phenoxy) is 1. The molecule has 1 aromatic carbocycles. The number of hydrogen-bond donors (Lipinski definition) is 1. The summed E-state index contributed by atoms with van der Waals surface area (Å²) in [6, 6.07) is 6.30. The van der Waals surface area contributed by atoms with E-state index in [2.05, 4.69) is 5.32 Å². The van der Waals surface area contributed by atoms with Gasteiger partial charge in [0.2, 0.25) is 5.91 Å². The molecule has 2 saturated heterocycles. The summed E-state index contributed by atoms with van der Waals surface area (Å²) in [7, 11) is 0. The number of carbonyl (C=O) groups is 2. The number of piperidine rings is 1. The molecule has 2 unspecified atom stereocenters. The highest BCUT2D eigenvalue weighted by atomic mass is 19.1. The quantitative estimate of drug-likeness (QED) is 0.849. The Hall–Kier alpha value is -2.11. The molecule has 1 N–H and O–H groups in total. The molecular formula is C19H25FN2O3. The van der Waals surface area contributed by atoms with Crippen molar-refractivity contribution in [3.8, 4) is 0 Å². The third-order valence-corrected chi connectivity index (χ3v) is 5.03. The van der Waals surface area contributed by atoms with Crippen LogP contribution >= 0.6 is 0 Å². The van der Waals surface area contributed by atoms with Crippen LogP contribution in [-0.4, -0.2) is 42.1 Å². The molecule has 0 aliphatic carbocycles. The largest absolute Gasteiger partial charge is 0.444 e. The third-order valence-electron chi connectivity index (χ3n) is 5.03. The van der Waals surface area contributed by atoms with Crippen molar-refractivity contribution in [2.45, 2.75) is 45.1 Å². The number of likely N-dealkylation sites (tertiary alicyclic amines) is 1. The van der Waals surface area contributed by atoms with Crippen LogP contribution in [0.2, 0.25) is 0 Å². The van der Waals surface area contributed by atoms with E-state index in [1.807, 2.05) is 20.8 Å². The number of halogens is 1. The highest BCUT2D eigenvalue weighted by Gasteiger charge is 2.53. The fourth-order valence-electron chi connectivity index (χ4n) is 3.89. The molecule has 136 valence electrons. The van der Waals surface area contributed by atoms with E-state index in [1.165, 1.54) is 12.1 Å². The van der Waals surface area contributed by atoms with Gasteiger partial charge in [0.1, 0.15) is 11.4 Å². The molecule has 25 heavy (non-hydrogen) atoms. The summed E-state index contributed by atoms with van der Waals surface area (Å²) in [5.41, 5.74) is -0.325. The Morgan fingerprint density at radius 1 is 1.32 bits per heavy atom. The number of hydrogen-bond acceptors (Lipinski definition) is 3. The van der Waals surface area contributed by atoms with E-state index in [0.29, 0.717) is 26.1 Å². The fraction of sp³-hybridized carbons (Fsp3) is 0.579. The third kappa shape index (κ3) is 3.48. The van der Waals surface area contributed by atoms with Crippen molar-refractivity contribution in [3.05, 3.63) is 35.6 Å². The molecule has 0 aromatic heterocycles. The Balaban J connectivity index is 1.85. The maximum atomic E-state index is 13.3. The zero-order chi connectivity index (χ0) is 18.2. The van der Waals surface area contributed by atoms with Gasteiger partial charge in [0.25, 0.3) is 0 Å². The van der Waals surface area contributed by atoms with Crippen LogP contribution in [0.5, 0.6) is 0 Å². The number of rotatable bonds is 1. The molecule has 1 spiro atoms. The van der Waals surface area contributed by atoms with Crippen molar-refractivity contribution in [1.82, 2.24) is 10.2 Å². The molecule has 3 rings (SSSR count). The highest BCUT2D eigenvalue weighted by Crippen LogP contribution is 2.46. The molecule has 2 aliphatic rings. The first kappa shape index (κ1) is 17.7. The number of nitrogens with one attached hydrogen (secondary N) is 1. The van der Waals surface area contributed by atoms with E-state index in [0.717, 1.165) is 12.0 Å². The molecule has 0 radical (unpaired) electrons. The Kier molecular flexibility index (Phi) is 4.47. The second-order valence-corrected chi connectivity index (χ2v) is 7.98. The lowest BCUT2D eigenvalue weighted by Gasteiger charge is -2.42. The average Bonchev–Trinajstić information content (AvgIpc) is 2.83. The summed E-state index contributed by atoms with van der Waals surface area (Å²) >= 11 is 0. The molecular weight excluding hydrogens is 323 g/mol. The van der Waals surface area contributed by atoms with Crippen molar-refractivity contribution in [3.63, 3.8) is 0 Å². The SMILES string of the molecule is CC(C)(C)OC(=O)N1CCCC2(C1)C(=O)NCC2c1ccc(F)cc1. The molecule has 0 bridgehead atoms. The summed E-state index contributed by atoms with van der Waals surface area (Å²) in [5.74, 6) is -0.407. The van der Waals surface area contributed by atoms with Gasteiger partial charge < -0.3 is 15.0 Å². The van der Waals surface area contributed by atoms with Crippen molar-refractivity contribution < 1.29 is 18.7 Å². The van der Waals surface area contributed by atoms with Gasteiger partial charge in [-0.2, -0.15) is 0 Å². The van der Waals surface area contributed by atoms with Gasteiger partial charge in [0, 0.05) is 25.6 Å². The molecule has 2 fully saturated rings. The fourth-order valence-corrected chi connectivity index (χ4v) is 3.89. The zero-order valence-corrected chi connectivity index (χ0v) is 15.0. The van der Waals surface area contributed by atoms with E-state index in [1.54, 1.807) is 17.0 Å². The van der Waals surface area contributed by atoms with Crippen molar-refractivity contribution in [2.24, 2.45) is 5.41 Å². The molecule has 2 atom stereocenters. The standard InChI is InChI=1S/C19H25FN2O3/c1-18(2,3)25-17(24)22-10-4-9-19(12-22)15(11-21-16(19)23)13-5-7-14(20)8-6-13/h5-8,15H,4,9-12H2,1-3H3,(H,21,23). The lowest BCUT2D eigenvalue weighted by Crippen LogP contribution is -2.52. The van der Waals surface area contributed by atoms with Gasteiger partial charge in [-0.3, -0.25) is 4.79 Å². The van der Waals surface area contributed by atoms with Crippen LogP contribution in [0.25, 0.3) is 0 Å². The number of nitrogens with zero attached hydrogens (tertiary/aromatic N) is 1. The predicted octanol–water partition coefficient (Wildman–Crippen LogP) is 3.06. The van der Waals surface area contributed by atoms with Gasteiger partial charge in [0.15, 0.2) is 0 Å². The maximum absolute atomic E-state index is 13.3. The summed E-state index contributed by atoms with van der Waals surface area (Å²) in [6.45, 7) is 6.90. The first-order valence-electron chi connectivity index (χ1n) is 8.73. The zero-order valence-electron chi connectivity index (χ0n) is 15.0. The van der Waals surface area contributed by atoms with E-state index in [9.17, 15) is 14.0 Å². The number of carbonyl (C=O) groups excluding carboxylic acids is 2. The van der Waals surface area contributed by atoms with Crippen LogP contribution in [0.4, 0.5) is 9.18 Å². The topological polar surface area (TPSA) is 58.6 Å². The van der Waals surface area contributed by atoms with Crippen LogP contribution in [0.1, 0.15) is 45.1 Å². The van der Waals surface area contributed by atoms with Crippen LogP contribution in [-0.2, 0) is 9.53 Å². The summed E-state index contributed by atoms with van der Waals surface area (Å²) < 4.78 is 18.7. The van der Waals surface area contributed by atoms with E-state index in [4.69, 9.17) is 4.74 Å². The van der Waals surface area contributed by atoms with Crippen LogP contribution < -0.4 is 5.32 Å². The lowest BCUT2D eigenvalue weighted by molar-refractivity contribution is -0.130. The van der Waals surface area contributed by atoms with Crippen LogP contribution in [0, 0.1) is 11.2 Å². The summed E-state index contributed by atoms with van der Waals surface area (Å²) in [5, 5.41) is 2.94. The van der Waals surface area contributed by atoms with Crippen LogP contribution in [0.3, 0.4) is 0 Å². The first-order valence-corrected chi connectivity index (χ1v) is 8.73. The summed E-state index contributed by atoms with van der Waals surface area (Å²) in [4.78, 5) is 26.8. The smallest absolute Gasteiger partial charge is 0.410 e. The van der Waals surface area contributed by atoms with E-state index >= 15 is 0 Å². The normalized spacial score (nSPS) is 26.6. The minimum Gasteiger partial charge on any atom is -0.444 e. The Labute approximate surface area is 147 Å². The van der Waals surface area contributed by atoms with Gasteiger partial charge in [-0.05, 0) is 51.3 Å². The molecule has 6 heteroatoms. The monoisotopic (exact) mass is 348 g/mol. The number of amides is 2. The molecule has 2 aliphatic heterocycles. The molecule has 5 nitrogen and oxygen atoms in total. The van der Waals surface area contributed by atoms with Crippen molar-refractivity contribution >= 4 is 12.0 Å². The van der Waals surface area contributed by atoms with Crippen molar-refractivity contribution in [1.29, 1.82) is 0 Å². The predicted molar refractivity (Wildman–Crippen MR) is 91.6 cm³/mol. The van der Waals surface area contributed by atoms with E-state index < -0.39 is 11.0 Å². The van der Waals surface area contributed by atoms with Gasteiger partial charge in [-0.1, -0.05) is 12.1 Å². The highest BCUT2D eigenvalue weighted by molar-refractivity contribution is 5.87. The van der Waals surface area contributed by atoms with E-state index in [-0.39, 0.29) is 23.7 Å². The minimum absolute atomic E-state index is 0.0323. The second-order valence-electron chi connectivity index (χ2n) is 7.98.